The molecule has 62 valence electrons. The molecule has 0 aliphatic heterocycles. The standard InChI is InChI=1S/C11H12O/c1-8-2-3-10-7-11(12)5-4-9(10)6-8/h4-7,12H,2-3H2,1H3. The van der Waals surface area contributed by atoms with Crippen LogP contribution < -0.4 is 0 Å². The zero-order valence-electron chi connectivity index (χ0n) is 7.17. The van der Waals surface area contributed by atoms with Crippen LogP contribution in [0.2, 0.25) is 0 Å². The van der Waals surface area contributed by atoms with Gasteiger partial charge < -0.3 is 5.11 Å². The topological polar surface area (TPSA) is 20.2 Å². The SMILES string of the molecule is CC1=Cc2ccc(O)cc2CC1. The van der Waals surface area contributed by atoms with Gasteiger partial charge in [0, 0.05) is 0 Å². The lowest BCUT2D eigenvalue weighted by molar-refractivity contribution is 0.474. The summed E-state index contributed by atoms with van der Waals surface area (Å²) in [6.07, 6.45) is 4.38. The highest BCUT2D eigenvalue weighted by Gasteiger charge is 2.07. The highest BCUT2D eigenvalue weighted by Crippen LogP contribution is 2.26. The molecule has 1 N–H and O–H groups in total. The van der Waals surface area contributed by atoms with Gasteiger partial charge in [-0.05, 0) is 43.0 Å². The number of hydrogen-bond acceptors (Lipinski definition) is 1. The molecule has 0 amide bonds. The minimum Gasteiger partial charge on any atom is -0.508 e. The molecule has 0 radical (unpaired) electrons. The molecular formula is C11H12O. The Morgan fingerprint density at radius 1 is 1.25 bits per heavy atom. The van der Waals surface area contributed by atoms with E-state index in [1.165, 1.54) is 16.7 Å². The summed E-state index contributed by atoms with van der Waals surface area (Å²) in [6, 6.07) is 5.58. The van der Waals surface area contributed by atoms with Gasteiger partial charge in [0.05, 0.1) is 0 Å². The predicted octanol–water partition coefficient (Wildman–Crippen LogP) is 2.74. The van der Waals surface area contributed by atoms with E-state index in [9.17, 15) is 5.11 Å². The molecule has 12 heavy (non-hydrogen) atoms. The van der Waals surface area contributed by atoms with Crippen LogP contribution in [-0.4, -0.2) is 5.11 Å². The van der Waals surface area contributed by atoms with Crippen molar-refractivity contribution in [3.8, 4) is 5.75 Å². The summed E-state index contributed by atoms with van der Waals surface area (Å²) >= 11 is 0. The van der Waals surface area contributed by atoms with Crippen LogP contribution in [0.3, 0.4) is 0 Å². The van der Waals surface area contributed by atoms with Crippen molar-refractivity contribution in [1.82, 2.24) is 0 Å². The van der Waals surface area contributed by atoms with Crippen LogP contribution in [0.25, 0.3) is 6.08 Å². The van der Waals surface area contributed by atoms with E-state index in [1.807, 2.05) is 12.1 Å². The fourth-order valence-corrected chi connectivity index (χ4v) is 1.62. The lowest BCUT2D eigenvalue weighted by atomic mass is 9.93. The summed E-state index contributed by atoms with van der Waals surface area (Å²) in [5.74, 6) is 0.377. The maximum absolute atomic E-state index is 9.23. The van der Waals surface area contributed by atoms with Crippen LogP contribution in [0.1, 0.15) is 24.5 Å². The maximum atomic E-state index is 9.23. The normalized spacial score (nSPS) is 15.2. The van der Waals surface area contributed by atoms with E-state index in [-0.39, 0.29) is 0 Å². The first-order chi connectivity index (χ1) is 5.75. The van der Waals surface area contributed by atoms with Gasteiger partial charge in [0.25, 0.3) is 0 Å². The van der Waals surface area contributed by atoms with Crippen molar-refractivity contribution in [3.05, 3.63) is 34.9 Å². The van der Waals surface area contributed by atoms with E-state index < -0.39 is 0 Å². The van der Waals surface area contributed by atoms with Gasteiger partial charge in [0.2, 0.25) is 0 Å². The van der Waals surface area contributed by atoms with Gasteiger partial charge in [0.15, 0.2) is 0 Å². The van der Waals surface area contributed by atoms with Gasteiger partial charge in [0.1, 0.15) is 5.75 Å². The molecule has 0 saturated carbocycles. The summed E-state index contributed by atoms with van der Waals surface area (Å²) in [4.78, 5) is 0. The summed E-state index contributed by atoms with van der Waals surface area (Å²) in [5.41, 5.74) is 3.95. The molecule has 0 saturated heterocycles. The second-order valence-corrected chi connectivity index (χ2v) is 3.37. The molecule has 1 heteroatoms. The Balaban J connectivity index is 2.51. The number of hydrogen-bond donors (Lipinski definition) is 1. The number of rotatable bonds is 0. The largest absolute Gasteiger partial charge is 0.508 e. The minimum absolute atomic E-state index is 0.377. The second-order valence-electron chi connectivity index (χ2n) is 3.37. The molecule has 0 aromatic heterocycles. The number of aryl methyl sites for hydroxylation is 1. The molecule has 1 nitrogen and oxygen atoms in total. The van der Waals surface area contributed by atoms with Crippen LogP contribution in [0.4, 0.5) is 0 Å². The van der Waals surface area contributed by atoms with E-state index in [1.54, 1.807) is 6.07 Å². The molecule has 1 aliphatic carbocycles. The quantitative estimate of drug-likeness (QED) is 0.618. The lowest BCUT2D eigenvalue weighted by Crippen LogP contribution is -1.96. The summed E-state index contributed by atoms with van der Waals surface area (Å²) in [5, 5.41) is 9.23. The van der Waals surface area contributed by atoms with Crippen LogP contribution in [0.15, 0.2) is 23.8 Å². The Labute approximate surface area is 72.4 Å². The minimum atomic E-state index is 0.377. The second kappa shape index (κ2) is 2.67. The number of aromatic hydroxyl groups is 1. The number of fused-ring (bicyclic) bond motifs is 1. The highest BCUT2D eigenvalue weighted by atomic mass is 16.3. The molecule has 1 aromatic rings. The Morgan fingerprint density at radius 2 is 2.08 bits per heavy atom. The van der Waals surface area contributed by atoms with Crippen LogP contribution in [-0.2, 0) is 6.42 Å². The van der Waals surface area contributed by atoms with E-state index in [2.05, 4.69) is 13.0 Å². The van der Waals surface area contributed by atoms with Crippen LogP contribution >= 0.6 is 0 Å². The molecular weight excluding hydrogens is 148 g/mol. The van der Waals surface area contributed by atoms with Crippen molar-refractivity contribution in [2.75, 3.05) is 0 Å². The van der Waals surface area contributed by atoms with Crippen LogP contribution in [0.5, 0.6) is 5.75 Å². The third-order valence-electron chi connectivity index (χ3n) is 2.32. The van der Waals surface area contributed by atoms with E-state index in [4.69, 9.17) is 0 Å². The first kappa shape index (κ1) is 7.41. The van der Waals surface area contributed by atoms with Crippen LogP contribution in [0, 0.1) is 0 Å². The van der Waals surface area contributed by atoms with E-state index >= 15 is 0 Å². The van der Waals surface area contributed by atoms with E-state index in [0.717, 1.165) is 12.8 Å². The lowest BCUT2D eigenvalue weighted by Gasteiger charge is -2.13. The molecule has 2 rings (SSSR count). The number of phenolic OH excluding ortho intramolecular Hbond substituents is 1. The number of benzene rings is 1. The fourth-order valence-electron chi connectivity index (χ4n) is 1.62. The van der Waals surface area contributed by atoms with Crippen molar-refractivity contribution in [2.45, 2.75) is 19.8 Å². The third-order valence-corrected chi connectivity index (χ3v) is 2.32. The average molecular weight is 160 g/mol. The summed E-state index contributed by atoms with van der Waals surface area (Å²) in [7, 11) is 0. The van der Waals surface area contributed by atoms with Gasteiger partial charge in [-0.3, -0.25) is 0 Å². The first-order valence-electron chi connectivity index (χ1n) is 4.25. The zero-order chi connectivity index (χ0) is 8.55. The summed E-state index contributed by atoms with van der Waals surface area (Å²) in [6.45, 7) is 2.15. The summed E-state index contributed by atoms with van der Waals surface area (Å²) < 4.78 is 0. The van der Waals surface area contributed by atoms with E-state index in [0.29, 0.717) is 5.75 Å². The first-order valence-corrected chi connectivity index (χ1v) is 4.25. The van der Waals surface area contributed by atoms with Crippen molar-refractivity contribution in [1.29, 1.82) is 0 Å². The molecule has 0 spiro atoms. The van der Waals surface area contributed by atoms with Crippen molar-refractivity contribution >= 4 is 6.08 Å². The van der Waals surface area contributed by atoms with Crippen molar-refractivity contribution in [3.63, 3.8) is 0 Å². The average Bonchev–Trinajstić information content (AvgIpc) is 2.05. The molecule has 0 fully saturated rings. The fraction of sp³-hybridized carbons (Fsp3) is 0.273. The third kappa shape index (κ3) is 1.22. The Bertz CT molecular complexity index is 337. The monoisotopic (exact) mass is 160 g/mol. The molecule has 1 aliphatic rings. The van der Waals surface area contributed by atoms with Gasteiger partial charge >= 0.3 is 0 Å². The number of allylic oxidation sites excluding steroid dienone is 1. The van der Waals surface area contributed by atoms with Gasteiger partial charge in [-0.2, -0.15) is 0 Å². The maximum Gasteiger partial charge on any atom is 0.115 e. The molecule has 1 aromatic carbocycles. The Kier molecular flexibility index (Phi) is 1.65. The Morgan fingerprint density at radius 3 is 2.92 bits per heavy atom. The Hall–Kier alpha value is -1.24. The highest BCUT2D eigenvalue weighted by molar-refractivity contribution is 5.60. The number of phenols is 1. The van der Waals surface area contributed by atoms with Crippen molar-refractivity contribution < 1.29 is 5.11 Å². The molecule has 0 heterocycles. The van der Waals surface area contributed by atoms with Gasteiger partial charge in [-0.25, -0.2) is 0 Å². The van der Waals surface area contributed by atoms with Gasteiger partial charge in [-0.1, -0.05) is 17.7 Å². The molecule has 0 bridgehead atoms. The predicted molar refractivity (Wildman–Crippen MR) is 50.1 cm³/mol. The molecule has 0 unspecified atom stereocenters. The molecule has 0 atom stereocenters. The zero-order valence-corrected chi connectivity index (χ0v) is 7.17. The van der Waals surface area contributed by atoms with Gasteiger partial charge in [-0.15, -0.1) is 0 Å². The van der Waals surface area contributed by atoms with Crippen molar-refractivity contribution in [2.24, 2.45) is 0 Å². The smallest absolute Gasteiger partial charge is 0.115 e.